The molecule has 2 aromatic heterocycles. The molecule has 1 fully saturated rings. The van der Waals surface area contributed by atoms with Crippen LogP contribution in [0.5, 0.6) is 0 Å². The minimum atomic E-state index is -4.40. The number of aromatic nitrogens is 4. The molecule has 4 rings (SSSR count). The van der Waals surface area contributed by atoms with E-state index in [0.717, 1.165) is 25.0 Å². The van der Waals surface area contributed by atoms with Crippen LogP contribution in [0.4, 0.5) is 13.2 Å². The van der Waals surface area contributed by atoms with Crippen LogP contribution in [0.25, 0.3) is 11.0 Å². The molecule has 0 radical (unpaired) electrons. The second-order valence-electron chi connectivity index (χ2n) is 6.77. The molecule has 1 unspecified atom stereocenters. The topological polar surface area (TPSA) is 83.8 Å². The van der Waals surface area contributed by atoms with E-state index in [1.807, 2.05) is 0 Å². The van der Waals surface area contributed by atoms with Crippen LogP contribution >= 0.6 is 0 Å². The van der Waals surface area contributed by atoms with Crippen molar-refractivity contribution in [2.75, 3.05) is 0 Å². The van der Waals surface area contributed by atoms with Crippen molar-refractivity contribution in [2.24, 2.45) is 0 Å². The highest BCUT2D eigenvalue weighted by Gasteiger charge is 2.31. The van der Waals surface area contributed by atoms with Crippen LogP contribution in [0.2, 0.25) is 0 Å². The zero-order valence-corrected chi connectivity index (χ0v) is 14.4. The Hall–Kier alpha value is -2.68. The Bertz CT molecular complexity index is 1050. The Morgan fingerprint density at radius 1 is 1.30 bits per heavy atom. The molecule has 1 aliphatic rings. The number of alkyl halides is 3. The maximum Gasteiger partial charge on any atom is 0.416 e. The predicted octanol–water partition coefficient (Wildman–Crippen LogP) is 3.12. The molecule has 142 valence electrons. The number of hydrogen-bond donors (Lipinski definition) is 2. The van der Waals surface area contributed by atoms with Crippen molar-refractivity contribution in [1.29, 1.82) is 0 Å². The Labute approximate surface area is 151 Å². The number of halogens is 3. The summed E-state index contributed by atoms with van der Waals surface area (Å²) in [4.78, 5) is 19.7. The van der Waals surface area contributed by atoms with Crippen molar-refractivity contribution in [3.8, 4) is 0 Å². The summed E-state index contributed by atoms with van der Waals surface area (Å²) < 4.78 is 39.8. The first-order valence-electron chi connectivity index (χ1n) is 8.59. The SMILES string of the molecule is CC(c1ccc(C(F)(F)F)cc1)n1nc(CO)c2c(=O)[nH]c(C3CC3)nc21. The van der Waals surface area contributed by atoms with E-state index in [0.29, 0.717) is 17.0 Å². The van der Waals surface area contributed by atoms with Gasteiger partial charge in [-0.25, -0.2) is 9.67 Å². The third-order valence-corrected chi connectivity index (χ3v) is 4.85. The van der Waals surface area contributed by atoms with Gasteiger partial charge < -0.3 is 10.1 Å². The maximum atomic E-state index is 12.8. The van der Waals surface area contributed by atoms with Gasteiger partial charge in [0.1, 0.15) is 16.9 Å². The third kappa shape index (κ3) is 3.12. The first-order chi connectivity index (χ1) is 12.8. The fourth-order valence-corrected chi connectivity index (χ4v) is 3.15. The molecule has 0 saturated heterocycles. The summed E-state index contributed by atoms with van der Waals surface area (Å²) in [5.41, 5.74) is 0.0196. The lowest BCUT2D eigenvalue weighted by Crippen LogP contribution is -2.14. The van der Waals surface area contributed by atoms with E-state index >= 15 is 0 Å². The molecule has 0 amide bonds. The number of H-pyrrole nitrogens is 1. The second kappa shape index (κ2) is 6.19. The highest BCUT2D eigenvalue weighted by Crippen LogP contribution is 2.38. The Morgan fingerprint density at radius 2 is 1.96 bits per heavy atom. The number of hydrogen-bond acceptors (Lipinski definition) is 4. The Kier molecular flexibility index (Phi) is 4.06. The van der Waals surface area contributed by atoms with Crippen molar-refractivity contribution in [1.82, 2.24) is 19.7 Å². The number of benzene rings is 1. The molecule has 3 aromatic rings. The summed E-state index contributed by atoms with van der Waals surface area (Å²) in [5.74, 6) is 0.794. The number of aliphatic hydroxyl groups is 1. The highest BCUT2D eigenvalue weighted by molar-refractivity contribution is 5.77. The summed E-state index contributed by atoms with van der Waals surface area (Å²) in [5, 5.41) is 14.1. The van der Waals surface area contributed by atoms with Gasteiger partial charge >= 0.3 is 6.18 Å². The molecule has 1 aromatic carbocycles. The molecule has 0 spiro atoms. The van der Waals surface area contributed by atoms with Crippen molar-refractivity contribution >= 4 is 11.0 Å². The number of rotatable bonds is 4. The van der Waals surface area contributed by atoms with Crippen LogP contribution < -0.4 is 5.56 Å². The molecule has 2 heterocycles. The highest BCUT2D eigenvalue weighted by atomic mass is 19.4. The van der Waals surface area contributed by atoms with E-state index in [4.69, 9.17) is 0 Å². The van der Waals surface area contributed by atoms with Crippen LogP contribution in [-0.4, -0.2) is 24.9 Å². The molecule has 0 bridgehead atoms. The van der Waals surface area contributed by atoms with Gasteiger partial charge in [0, 0.05) is 5.92 Å². The Balaban J connectivity index is 1.81. The van der Waals surface area contributed by atoms with Crippen LogP contribution in [0, 0.1) is 0 Å². The second-order valence-corrected chi connectivity index (χ2v) is 6.77. The lowest BCUT2D eigenvalue weighted by molar-refractivity contribution is -0.137. The van der Waals surface area contributed by atoms with Gasteiger partial charge in [-0.05, 0) is 37.5 Å². The van der Waals surface area contributed by atoms with Gasteiger partial charge in [-0.2, -0.15) is 18.3 Å². The summed E-state index contributed by atoms with van der Waals surface area (Å²) in [6.45, 7) is 1.33. The molecule has 2 N–H and O–H groups in total. The van der Waals surface area contributed by atoms with Gasteiger partial charge in [-0.15, -0.1) is 0 Å². The van der Waals surface area contributed by atoms with Gasteiger partial charge in [-0.3, -0.25) is 4.79 Å². The fourth-order valence-electron chi connectivity index (χ4n) is 3.15. The van der Waals surface area contributed by atoms with Crippen molar-refractivity contribution < 1.29 is 18.3 Å². The summed E-state index contributed by atoms with van der Waals surface area (Å²) >= 11 is 0. The van der Waals surface area contributed by atoms with Crippen molar-refractivity contribution in [3.63, 3.8) is 0 Å². The van der Waals surface area contributed by atoms with E-state index in [1.165, 1.54) is 16.8 Å². The number of aliphatic hydroxyl groups excluding tert-OH is 1. The van der Waals surface area contributed by atoms with Crippen molar-refractivity contribution in [3.05, 3.63) is 57.3 Å². The van der Waals surface area contributed by atoms with Crippen LogP contribution in [0.1, 0.15) is 54.4 Å². The number of nitrogens with one attached hydrogen (secondary N) is 1. The molecule has 1 atom stereocenters. The van der Waals surface area contributed by atoms with E-state index in [9.17, 15) is 23.1 Å². The van der Waals surface area contributed by atoms with E-state index < -0.39 is 24.4 Å². The standard InChI is InChI=1S/C18H17F3N4O2/c1-9(10-4-6-12(7-5-10)18(19,20)21)25-16-14(13(8-26)24-25)17(27)23-15(22-16)11-2-3-11/h4-7,9,11,26H,2-3,8H2,1H3,(H,22,23,27). The smallest absolute Gasteiger partial charge is 0.390 e. The van der Waals surface area contributed by atoms with Crippen LogP contribution in [-0.2, 0) is 12.8 Å². The molecule has 6 nitrogen and oxygen atoms in total. The van der Waals surface area contributed by atoms with E-state index in [-0.39, 0.29) is 22.6 Å². The normalized spacial score (nSPS) is 16.0. The van der Waals surface area contributed by atoms with E-state index in [1.54, 1.807) is 6.92 Å². The first-order valence-corrected chi connectivity index (χ1v) is 8.59. The number of fused-ring (bicyclic) bond motifs is 1. The van der Waals surface area contributed by atoms with Gasteiger partial charge in [0.15, 0.2) is 5.65 Å². The molecule has 1 aliphatic carbocycles. The average molecular weight is 378 g/mol. The fraction of sp³-hybridized carbons (Fsp3) is 0.389. The minimum Gasteiger partial charge on any atom is -0.390 e. The molecule has 27 heavy (non-hydrogen) atoms. The summed E-state index contributed by atoms with van der Waals surface area (Å²) in [6.07, 6.45) is -2.51. The molecular weight excluding hydrogens is 361 g/mol. The zero-order chi connectivity index (χ0) is 19.3. The quantitative estimate of drug-likeness (QED) is 0.731. The third-order valence-electron chi connectivity index (χ3n) is 4.85. The number of nitrogens with zero attached hydrogens (tertiary/aromatic N) is 3. The zero-order valence-electron chi connectivity index (χ0n) is 14.4. The number of aromatic amines is 1. The van der Waals surface area contributed by atoms with Gasteiger partial charge in [-0.1, -0.05) is 12.1 Å². The largest absolute Gasteiger partial charge is 0.416 e. The monoisotopic (exact) mass is 378 g/mol. The molecule has 9 heteroatoms. The van der Waals surface area contributed by atoms with Gasteiger partial charge in [0.2, 0.25) is 0 Å². The van der Waals surface area contributed by atoms with E-state index in [2.05, 4.69) is 15.1 Å². The lowest BCUT2D eigenvalue weighted by Gasteiger charge is -2.15. The van der Waals surface area contributed by atoms with Crippen LogP contribution in [0.3, 0.4) is 0 Å². The van der Waals surface area contributed by atoms with Gasteiger partial charge in [0.05, 0.1) is 18.2 Å². The Morgan fingerprint density at radius 3 is 2.52 bits per heavy atom. The summed E-state index contributed by atoms with van der Waals surface area (Å²) in [6, 6.07) is 4.33. The van der Waals surface area contributed by atoms with Gasteiger partial charge in [0.25, 0.3) is 5.56 Å². The molecular formula is C18H17F3N4O2. The first kappa shape index (κ1) is 17.7. The van der Waals surface area contributed by atoms with Crippen molar-refractivity contribution in [2.45, 2.75) is 44.5 Å². The minimum absolute atomic E-state index is 0.194. The average Bonchev–Trinajstić information content (AvgIpc) is 3.41. The predicted molar refractivity (Wildman–Crippen MR) is 91.3 cm³/mol. The lowest BCUT2D eigenvalue weighted by atomic mass is 10.1. The summed E-state index contributed by atoms with van der Waals surface area (Å²) in [7, 11) is 0. The van der Waals surface area contributed by atoms with Crippen LogP contribution in [0.15, 0.2) is 29.1 Å². The molecule has 0 aliphatic heterocycles. The molecule has 1 saturated carbocycles. The maximum absolute atomic E-state index is 12.8.